The number of halogens is 6. The lowest BCUT2D eigenvalue weighted by Crippen LogP contribution is -2.15. The molecule has 24 heteroatoms. The fourth-order valence-electron chi connectivity index (χ4n) is 15.6. The molecule has 0 spiro atoms. The molecule has 0 amide bonds. The van der Waals surface area contributed by atoms with Crippen molar-refractivity contribution in [3.8, 4) is 69.0 Å². The number of ether oxygens (including phenoxy) is 12. The molecule has 10 aromatic carbocycles. The molecule has 0 fully saturated rings. The van der Waals surface area contributed by atoms with Crippen molar-refractivity contribution in [2.45, 2.75) is 312 Å². The summed E-state index contributed by atoms with van der Waals surface area (Å²) >= 11 is 41.9. The molecule has 0 aromatic heterocycles. The molecule has 0 radical (unpaired) electrons. The first kappa shape index (κ1) is 104. The number of carbonyl (C=O) groups excluding carboxylic acids is 6. The van der Waals surface area contributed by atoms with Crippen molar-refractivity contribution in [3.63, 3.8) is 0 Å². The summed E-state index contributed by atoms with van der Waals surface area (Å²) in [5, 5.41) is 1.70. The molecule has 708 valence electrons. The monoisotopic (exact) mass is 1920 g/mol. The van der Waals surface area contributed by atoms with Crippen LogP contribution in [-0.2, 0) is 0 Å². The van der Waals surface area contributed by atoms with Gasteiger partial charge < -0.3 is 56.8 Å². The highest BCUT2D eigenvalue weighted by Crippen LogP contribution is 2.49. The van der Waals surface area contributed by atoms with Crippen LogP contribution in [-0.4, -0.2) is 72.4 Å². The van der Waals surface area contributed by atoms with Gasteiger partial charge in [-0.25, -0.2) is 28.8 Å². The third kappa shape index (κ3) is 30.7. The molecule has 18 nitrogen and oxygen atoms in total. The fraction of sp³-hybridized carbons (Fsp3) is 0.444. The Kier molecular flexibility index (Phi) is 41.8. The Morgan fingerprint density at radius 1 is 0.197 bits per heavy atom. The summed E-state index contributed by atoms with van der Waals surface area (Å²) in [5.74, 6) is -5.85. The maximum absolute atomic E-state index is 15.2. The maximum Gasteiger partial charge on any atom is 0.343 e. The zero-order valence-electron chi connectivity index (χ0n) is 78.1. The Morgan fingerprint density at radius 2 is 0.333 bits per heavy atom. The number of hydrogen-bond acceptors (Lipinski definition) is 18. The zero-order chi connectivity index (χ0) is 94.9. The summed E-state index contributed by atoms with van der Waals surface area (Å²) in [6.45, 7) is 24.6. The Labute approximate surface area is 808 Å². The lowest BCUT2D eigenvalue weighted by atomic mass is 9.93. The van der Waals surface area contributed by atoms with Crippen LogP contribution in [0.4, 0.5) is 0 Å². The average Bonchev–Trinajstić information content (AvgIpc) is 0.720. The van der Waals surface area contributed by atoms with Gasteiger partial charge in [-0.15, -0.1) is 0 Å². The SMILES string of the molecule is CCCCCCC(C)Oc1ccc(C(=O)Oc2cc3c4cc(OC(=O)c5ccc(OC(C)CCCCCC)c(Cl)c5)c(OC(=O)c5ccc(OC(C)CCCCCC)c(Cl)c5)cc4c4cc(OC(=O)c5ccc(OC(C)CCCCCC)c(Cl)c5)c(OC(=O)c5ccc(OC(C)CCCCCC)c(Cl)c5)cc4c3cc2OC(=O)c2ccc(OC(C)CCCCCC)c(Cl)c2)cc1Cl. The van der Waals surface area contributed by atoms with Crippen molar-refractivity contribution in [2.75, 3.05) is 0 Å². The summed E-state index contributed by atoms with van der Waals surface area (Å²) in [6.07, 6.45) is 28.2. The van der Waals surface area contributed by atoms with Crippen LogP contribution in [0, 0.1) is 0 Å². The molecule has 0 saturated heterocycles. The third-order valence-electron chi connectivity index (χ3n) is 23.1. The third-order valence-corrected chi connectivity index (χ3v) is 24.9. The topological polar surface area (TPSA) is 213 Å². The van der Waals surface area contributed by atoms with Crippen LogP contribution in [0.3, 0.4) is 0 Å². The summed E-state index contributed by atoms with van der Waals surface area (Å²) < 4.78 is 76.7. The normalized spacial score (nSPS) is 12.8. The predicted molar refractivity (Wildman–Crippen MR) is 531 cm³/mol. The van der Waals surface area contributed by atoms with E-state index in [0.717, 1.165) is 193 Å². The minimum Gasteiger partial charge on any atom is -0.489 e. The Balaban J connectivity index is 1.22. The van der Waals surface area contributed by atoms with Crippen molar-refractivity contribution in [2.24, 2.45) is 0 Å². The first-order valence-corrected chi connectivity index (χ1v) is 49.5. The van der Waals surface area contributed by atoms with Gasteiger partial charge in [-0.2, -0.15) is 0 Å². The van der Waals surface area contributed by atoms with Crippen molar-refractivity contribution in [3.05, 3.63) is 209 Å². The van der Waals surface area contributed by atoms with E-state index >= 15 is 28.8 Å². The Bertz CT molecular complexity index is 4680. The van der Waals surface area contributed by atoms with E-state index in [2.05, 4.69) is 41.5 Å². The van der Waals surface area contributed by atoms with Gasteiger partial charge in [0.1, 0.15) is 34.5 Å². The minimum atomic E-state index is -0.962. The number of hydrogen-bond donors (Lipinski definition) is 0. The second-order valence-electron chi connectivity index (χ2n) is 34.4. The summed E-state index contributed by atoms with van der Waals surface area (Å²) in [4.78, 5) is 91.1. The van der Waals surface area contributed by atoms with Crippen LogP contribution in [0.1, 0.15) is 338 Å². The van der Waals surface area contributed by atoms with Gasteiger partial charge in [0, 0.05) is 0 Å². The highest BCUT2D eigenvalue weighted by atomic mass is 35.5. The second-order valence-corrected chi connectivity index (χ2v) is 36.9. The van der Waals surface area contributed by atoms with Gasteiger partial charge in [0.15, 0.2) is 34.5 Å². The van der Waals surface area contributed by atoms with Crippen molar-refractivity contribution >= 4 is 138 Å². The van der Waals surface area contributed by atoms with E-state index in [-0.39, 0.29) is 167 Å². The zero-order valence-corrected chi connectivity index (χ0v) is 82.7. The molecule has 0 bridgehead atoms. The number of rotatable bonds is 54. The molecule has 6 atom stereocenters. The highest BCUT2D eigenvalue weighted by Gasteiger charge is 2.30. The molecule has 0 aliphatic heterocycles. The van der Waals surface area contributed by atoms with Crippen molar-refractivity contribution in [1.82, 2.24) is 0 Å². The molecule has 6 unspecified atom stereocenters. The highest BCUT2D eigenvalue weighted by molar-refractivity contribution is 6.35. The van der Waals surface area contributed by atoms with Crippen LogP contribution in [0.15, 0.2) is 146 Å². The Morgan fingerprint density at radius 3 is 0.455 bits per heavy atom. The van der Waals surface area contributed by atoms with Crippen LogP contribution in [0.25, 0.3) is 32.3 Å². The molecule has 0 heterocycles. The number of fused-ring (bicyclic) bond motifs is 6. The van der Waals surface area contributed by atoms with Crippen LogP contribution < -0.4 is 56.8 Å². The van der Waals surface area contributed by atoms with Crippen LogP contribution in [0.5, 0.6) is 69.0 Å². The number of carbonyl (C=O) groups is 6. The van der Waals surface area contributed by atoms with E-state index in [1.54, 1.807) is 36.4 Å². The van der Waals surface area contributed by atoms with Crippen molar-refractivity contribution < 1.29 is 85.6 Å². The van der Waals surface area contributed by atoms with Gasteiger partial charge in [-0.3, -0.25) is 0 Å². The van der Waals surface area contributed by atoms with E-state index in [1.807, 2.05) is 41.5 Å². The summed E-state index contributed by atoms with van der Waals surface area (Å²) in [6, 6.07) is 35.5. The molecule has 10 aromatic rings. The van der Waals surface area contributed by atoms with E-state index in [1.165, 1.54) is 109 Å². The van der Waals surface area contributed by atoms with Gasteiger partial charge in [0.05, 0.1) is 100 Å². The smallest absolute Gasteiger partial charge is 0.343 e. The summed E-state index contributed by atoms with van der Waals surface area (Å²) in [7, 11) is 0. The molecule has 0 saturated carbocycles. The van der Waals surface area contributed by atoms with Gasteiger partial charge in [0.25, 0.3) is 0 Å². The standard InChI is InChI=1S/C108H126Cl6O18/c1-13-19-25-31-37-67(7)121-91-49-43-73(55-85(91)109)103(115)127-97-61-79-80(62-98(97)128-104(116)74-44-50-92(86(110)56-74)122-68(8)38-32-26-20-14-2)82-64-100(130-106(118)76-46-52-94(88(112)58-76)124-70(10)40-34-28-22-16-4)102(132-108(120)78-48-54-96(90(114)60-78)126-72(12)42-36-30-24-18-6)66-84(82)83-65-101(131-107(119)77-47-53-95(89(113)59-77)125-71(11)41-35-29-23-17-5)99(63-81(79)83)129-105(117)75-45-51-93(87(111)57-75)123-69(9)39-33-27-21-15-3/h43-72H,13-42H2,1-12H3. The van der Waals surface area contributed by atoms with Crippen LogP contribution >= 0.6 is 69.6 Å². The quantitative estimate of drug-likeness (QED) is 0.0150. The van der Waals surface area contributed by atoms with Crippen molar-refractivity contribution in [1.29, 1.82) is 0 Å². The Hall–Kier alpha value is -9.66. The van der Waals surface area contributed by atoms with E-state index < -0.39 is 35.8 Å². The van der Waals surface area contributed by atoms with Gasteiger partial charge in [-0.05, 0) is 297 Å². The minimum absolute atomic E-state index is 0.0302. The van der Waals surface area contributed by atoms with E-state index in [0.29, 0.717) is 34.5 Å². The van der Waals surface area contributed by atoms with Gasteiger partial charge >= 0.3 is 35.8 Å². The van der Waals surface area contributed by atoms with Gasteiger partial charge in [0.2, 0.25) is 0 Å². The predicted octanol–water partition coefficient (Wildman–Crippen LogP) is 32.8. The largest absolute Gasteiger partial charge is 0.489 e. The number of esters is 6. The maximum atomic E-state index is 15.2. The lowest BCUT2D eigenvalue weighted by Gasteiger charge is -2.20. The molecule has 0 N–H and O–H groups in total. The number of unbranched alkanes of at least 4 members (excludes halogenated alkanes) is 18. The fourth-order valence-corrected chi connectivity index (χ4v) is 16.9. The first-order chi connectivity index (χ1) is 63.6. The molecule has 10 rings (SSSR count). The van der Waals surface area contributed by atoms with Crippen LogP contribution in [0.2, 0.25) is 30.1 Å². The van der Waals surface area contributed by atoms with Gasteiger partial charge in [-0.1, -0.05) is 227 Å². The second kappa shape index (κ2) is 52.9. The summed E-state index contributed by atoms with van der Waals surface area (Å²) in [5.41, 5.74) is -0.181. The molecule has 0 aliphatic carbocycles. The molecular weight excluding hydrogens is 1800 g/mol. The average molecular weight is 1920 g/mol. The molecule has 132 heavy (non-hydrogen) atoms. The number of benzene rings is 10. The lowest BCUT2D eigenvalue weighted by molar-refractivity contribution is 0.0682. The molecule has 0 aliphatic rings. The first-order valence-electron chi connectivity index (χ1n) is 47.2. The molecular formula is C108H126Cl6O18. The van der Waals surface area contributed by atoms with E-state index in [9.17, 15) is 0 Å². The van der Waals surface area contributed by atoms with E-state index in [4.69, 9.17) is 126 Å².